The van der Waals surface area contributed by atoms with Crippen LogP contribution in [-0.2, 0) is 0 Å². The highest BCUT2D eigenvalue weighted by atomic mass is 79.9. The Morgan fingerprint density at radius 3 is 2.30 bits per heavy atom. The van der Waals surface area contributed by atoms with Gasteiger partial charge in [-0.1, -0.05) is 18.2 Å². The van der Waals surface area contributed by atoms with Crippen molar-refractivity contribution in [3.8, 4) is 0 Å². The van der Waals surface area contributed by atoms with Gasteiger partial charge in [0.1, 0.15) is 5.82 Å². The number of halogens is 3. The van der Waals surface area contributed by atoms with Crippen molar-refractivity contribution in [1.82, 2.24) is 0 Å². The highest BCUT2D eigenvalue weighted by molar-refractivity contribution is 9.09. The quantitative estimate of drug-likeness (QED) is 0.620. The molecule has 1 rings (SSSR count). The van der Waals surface area contributed by atoms with Gasteiger partial charge in [0.25, 0.3) is 0 Å². The van der Waals surface area contributed by atoms with Gasteiger partial charge in [-0.3, -0.25) is 0 Å². The van der Waals surface area contributed by atoms with Gasteiger partial charge < -0.3 is 0 Å². The van der Waals surface area contributed by atoms with Gasteiger partial charge in [0.05, 0.1) is 0 Å². The largest absolute Gasteiger partial charge is 0.230 e. The fraction of sp³-hybridized carbons (Fsp3) is 0.143. The third-order valence-electron chi connectivity index (χ3n) is 1.14. The van der Waals surface area contributed by atoms with E-state index in [9.17, 15) is 8.78 Å². The molecule has 1 aromatic rings. The van der Waals surface area contributed by atoms with Crippen molar-refractivity contribution in [2.45, 2.75) is 5.08 Å². The summed E-state index contributed by atoms with van der Waals surface area (Å²) in [6, 6.07) is 5.73. The summed E-state index contributed by atoms with van der Waals surface area (Å²) >= 11 is 2.63. The maximum absolute atomic E-state index is 12.6. The molecule has 0 saturated carbocycles. The molecule has 0 N–H and O–H groups in total. The molecule has 10 heavy (non-hydrogen) atoms. The third-order valence-corrected chi connectivity index (χ3v) is 1.63. The molecule has 0 spiro atoms. The molecule has 0 aliphatic carbocycles. The monoisotopic (exact) mass is 206 g/mol. The van der Waals surface area contributed by atoms with Crippen molar-refractivity contribution in [2.24, 2.45) is 0 Å². The molecule has 0 aliphatic rings. The molecule has 1 atom stereocenters. The first-order chi connectivity index (χ1) is 4.72. The van der Waals surface area contributed by atoms with Crippen molar-refractivity contribution in [3.05, 3.63) is 35.6 Å². The van der Waals surface area contributed by atoms with Gasteiger partial charge in [0, 0.05) is 5.56 Å². The lowest BCUT2D eigenvalue weighted by Gasteiger charge is -1.99. The van der Waals surface area contributed by atoms with Crippen LogP contribution >= 0.6 is 15.9 Å². The molecule has 54 valence electrons. The smallest absolute Gasteiger partial charge is 0.182 e. The van der Waals surface area contributed by atoms with Gasteiger partial charge in [-0.15, -0.1) is 0 Å². The Kier molecular flexibility index (Phi) is 2.38. The van der Waals surface area contributed by atoms with Crippen LogP contribution in [0.15, 0.2) is 24.3 Å². The Bertz CT molecular complexity index is 223. The van der Waals surface area contributed by atoms with Crippen LogP contribution in [0, 0.1) is 5.82 Å². The minimum absolute atomic E-state index is 0.0440. The zero-order chi connectivity index (χ0) is 7.56. The van der Waals surface area contributed by atoms with E-state index in [0.29, 0.717) is 0 Å². The molecule has 0 nitrogen and oxygen atoms in total. The lowest BCUT2D eigenvalue weighted by molar-refractivity contribution is 0.458. The first-order valence-electron chi connectivity index (χ1n) is 2.74. The topological polar surface area (TPSA) is 0 Å². The van der Waals surface area contributed by atoms with E-state index in [1.807, 2.05) is 0 Å². The molecule has 0 aromatic heterocycles. The highest BCUT2D eigenvalue weighted by Gasteiger charge is 2.08. The Hall–Kier alpha value is -0.440. The van der Waals surface area contributed by atoms with Crippen LogP contribution in [0.2, 0.25) is 0 Å². The van der Waals surface area contributed by atoms with Gasteiger partial charge in [0.15, 0.2) is 5.08 Å². The standard InChI is InChI=1S/C7H5BrF2/c8-7(10)5-3-1-2-4-6(5)9/h1-4,7H. The van der Waals surface area contributed by atoms with Crippen molar-refractivity contribution >= 4 is 15.9 Å². The molecule has 1 unspecified atom stereocenters. The van der Waals surface area contributed by atoms with Crippen LogP contribution in [-0.4, -0.2) is 0 Å². The molecule has 0 aliphatic heterocycles. The molecule has 1 aromatic carbocycles. The molecule has 0 heterocycles. The van der Waals surface area contributed by atoms with Crippen molar-refractivity contribution in [1.29, 1.82) is 0 Å². The van der Waals surface area contributed by atoms with Gasteiger partial charge in [-0.25, -0.2) is 8.78 Å². The average Bonchev–Trinajstić information content (AvgIpc) is 1.88. The number of rotatable bonds is 1. The maximum Gasteiger partial charge on any atom is 0.182 e. The zero-order valence-corrected chi connectivity index (χ0v) is 6.61. The van der Waals surface area contributed by atoms with Crippen molar-refractivity contribution in [2.75, 3.05) is 0 Å². The Balaban J connectivity index is 3.03. The van der Waals surface area contributed by atoms with E-state index >= 15 is 0 Å². The minimum atomic E-state index is -1.41. The number of benzene rings is 1. The fourth-order valence-electron chi connectivity index (χ4n) is 0.652. The summed E-state index contributed by atoms with van der Waals surface area (Å²) in [6.45, 7) is 0. The van der Waals surface area contributed by atoms with E-state index in [2.05, 4.69) is 15.9 Å². The molecule has 3 heteroatoms. The summed E-state index contributed by atoms with van der Waals surface area (Å²) in [6.07, 6.45) is 0. The maximum atomic E-state index is 12.6. The zero-order valence-electron chi connectivity index (χ0n) is 5.02. The summed E-state index contributed by atoms with van der Waals surface area (Å²) in [7, 11) is 0. The average molecular weight is 207 g/mol. The van der Waals surface area contributed by atoms with E-state index in [0.717, 1.165) is 0 Å². The van der Waals surface area contributed by atoms with Gasteiger partial charge in [-0.2, -0.15) is 0 Å². The summed E-state index contributed by atoms with van der Waals surface area (Å²) in [5, 5.41) is -1.41. The van der Waals surface area contributed by atoms with Crippen molar-refractivity contribution < 1.29 is 8.78 Å². The van der Waals surface area contributed by atoms with Crippen LogP contribution in [0.5, 0.6) is 0 Å². The summed E-state index contributed by atoms with van der Waals surface area (Å²) < 4.78 is 24.9. The first-order valence-corrected chi connectivity index (χ1v) is 3.66. The SMILES string of the molecule is Fc1ccccc1C(F)Br. The van der Waals surface area contributed by atoms with Crippen LogP contribution in [0.4, 0.5) is 8.78 Å². The molecule has 0 fully saturated rings. The Morgan fingerprint density at radius 1 is 1.30 bits per heavy atom. The molecule has 0 bridgehead atoms. The van der Waals surface area contributed by atoms with Crippen molar-refractivity contribution in [3.63, 3.8) is 0 Å². The van der Waals surface area contributed by atoms with Crippen LogP contribution in [0.1, 0.15) is 10.6 Å². The van der Waals surface area contributed by atoms with Gasteiger partial charge in [0.2, 0.25) is 0 Å². The molecule has 0 radical (unpaired) electrons. The second kappa shape index (κ2) is 3.10. The Morgan fingerprint density at radius 2 is 1.90 bits per heavy atom. The predicted molar refractivity (Wildman–Crippen MR) is 39.2 cm³/mol. The van der Waals surface area contributed by atoms with Crippen LogP contribution < -0.4 is 0 Å². The summed E-state index contributed by atoms with van der Waals surface area (Å²) in [4.78, 5) is 0. The molecular weight excluding hydrogens is 202 g/mol. The lowest BCUT2D eigenvalue weighted by Crippen LogP contribution is -1.86. The highest BCUT2D eigenvalue weighted by Crippen LogP contribution is 2.25. The van der Waals surface area contributed by atoms with Gasteiger partial charge >= 0.3 is 0 Å². The van der Waals surface area contributed by atoms with E-state index in [-0.39, 0.29) is 5.56 Å². The molecule has 0 amide bonds. The van der Waals surface area contributed by atoms with Crippen LogP contribution in [0.25, 0.3) is 0 Å². The van der Waals surface area contributed by atoms with E-state index < -0.39 is 10.9 Å². The van der Waals surface area contributed by atoms with E-state index in [4.69, 9.17) is 0 Å². The number of hydrogen-bond donors (Lipinski definition) is 0. The van der Waals surface area contributed by atoms with Gasteiger partial charge in [-0.05, 0) is 22.0 Å². The third kappa shape index (κ3) is 1.53. The molecular formula is C7H5BrF2. The molecule has 0 saturated heterocycles. The summed E-state index contributed by atoms with van der Waals surface area (Å²) in [5.74, 6) is -0.521. The second-order valence-electron chi connectivity index (χ2n) is 1.82. The summed E-state index contributed by atoms with van der Waals surface area (Å²) in [5.41, 5.74) is 0.0440. The normalized spacial score (nSPS) is 13.1. The van der Waals surface area contributed by atoms with E-state index in [1.165, 1.54) is 18.2 Å². The predicted octanol–water partition coefficient (Wildman–Crippen LogP) is 3.19. The lowest BCUT2D eigenvalue weighted by atomic mass is 10.2. The number of hydrogen-bond acceptors (Lipinski definition) is 0. The second-order valence-corrected chi connectivity index (χ2v) is 2.63. The Labute approximate surface area is 66.0 Å². The fourth-order valence-corrected chi connectivity index (χ4v) is 1.02. The van der Waals surface area contributed by atoms with E-state index in [1.54, 1.807) is 6.07 Å². The minimum Gasteiger partial charge on any atom is -0.230 e. The van der Waals surface area contributed by atoms with Crippen LogP contribution in [0.3, 0.4) is 0 Å². The number of alkyl halides is 2. The first kappa shape index (κ1) is 7.66.